The van der Waals surface area contributed by atoms with Gasteiger partial charge in [0.05, 0.1) is 22.6 Å². The number of thiazole rings is 1. The van der Waals surface area contributed by atoms with Crippen LogP contribution in [-0.2, 0) is 6.54 Å². The summed E-state index contributed by atoms with van der Waals surface area (Å²) in [6.07, 6.45) is 0. The molecule has 3 nitrogen and oxygen atoms in total. The van der Waals surface area contributed by atoms with E-state index < -0.39 is 5.82 Å². The van der Waals surface area contributed by atoms with Crippen LogP contribution in [0.4, 0.5) is 4.39 Å². The molecule has 2 aromatic heterocycles. The highest BCUT2D eigenvalue weighted by atomic mass is 35.5. The zero-order valence-corrected chi connectivity index (χ0v) is 12.3. The smallest absolute Gasteiger partial charge is 0.178 e. The van der Waals surface area contributed by atoms with E-state index in [0.29, 0.717) is 16.8 Å². The van der Waals surface area contributed by atoms with Crippen molar-refractivity contribution in [1.29, 1.82) is 0 Å². The molecule has 0 radical (unpaired) electrons. The average Bonchev–Trinajstić information content (AvgIpc) is 2.87. The molecule has 7 heteroatoms. The number of hydrogen-bond acceptors (Lipinski definition) is 3. The lowest BCUT2D eigenvalue weighted by molar-refractivity contribution is 0.629. The van der Waals surface area contributed by atoms with E-state index in [1.807, 2.05) is 16.9 Å². The molecule has 0 saturated carbocycles. The Morgan fingerprint density at radius 1 is 1.53 bits per heavy atom. The Morgan fingerprint density at radius 2 is 2.32 bits per heavy atom. The molecule has 98 valence electrons. The van der Waals surface area contributed by atoms with Crippen molar-refractivity contribution in [3.63, 3.8) is 0 Å². The molecule has 1 N–H and O–H groups in total. The van der Waals surface area contributed by atoms with E-state index in [4.69, 9.17) is 23.8 Å². The molecule has 0 aliphatic rings. The van der Waals surface area contributed by atoms with Crippen molar-refractivity contribution in [1.82, 2.24) is 14.5 Å². The third-order valence-corrected chi connectivity index (χ3v) is 4.34. The number of hydrogen-bond donors (Lipinski definition) is 1. The molecule has 0 fully saturated rings. The molecule has 3 aromatic rings. The number of imidazole rings is 1. The second-order valence-corrected chi connectivity index (χ2v) is 5.92. The summed E-state index contributed by atoms with van der Waals surface area (Å²) in [5.74, 6) is -0.456. The van der Waals surface area contributed by atoms with E-state index >= 15 is 0 Å². The second kappa shape index (κ2) is 4.70. The fourth-order valence-corrected chi connectivity index (χ4v) is 3.11. The van der Waals surface area contributed by atoms with Gasteiger partial charge in [-0.05, 0) is 25.2 Å². The molecule has 19 heavy (non-hydrogen) atoms. The highest BCUT2D eigenvalue weighted by Gasteiger charge is 2.10. The van der Waals surface area contributed by atoms with Gasteiger partial charge < -0.3 is 9.55 Å². The summed E-state index contributed by atoms with van der Waals surface area (Å²) in [5, 5.41) is 3.03. The third kappa shape index (κ3) is 2.31. The first-order chi connectivity index (χ1) is 9.04. The highest BCUT2D eigenvalue weighted by Crippen LogP contribution is 2.24. The molecule has 0 bridgehead atoms. The van der Waals surface area contributed by atoms with Gasteiger partial charge in [-0.1, -0.05) is 11.6 Å². The maximum absolute atomic E-state index is 13.4. The number of nitrogens with one attached hydrogen (secondary N) is 1. The van der Waals surface area contributed by atoms with E-state index in [1.165, 1.54) is 6.07 Å². The number of halogens is 2. The first-order valence-corrected chi connectivity index (χ1v) is 7.20. The summed E-state index contributed by atoms with van der Waals surface area (Å²) in [4.78, 5) is 7.38. The van der Waals surface area contributed by atoms with Crippen LogP contribution in [0.15, 0.2) is 17.5 Å². The summed E-state index contributed by atoms with van der Waals surface area (Å²) in [7, 11) is 0. The maximum Gasteiger partial charge on any atom is 0.178 e. The number of aromatic amines is 1. The lowest BCUT2D eigenvalue weighted by Crippen LogP contribution is -1.99. The Labute approximate surface area is 122 Å². The first kappa shape index (κ1) is 12.8. The number of aromatic nitrogens is 3. The molecule has 0 aliphatic carbocycles. The topological polar surface area (TPSA) is 33.6 Å². The van der Waals surface area contributed by atoms with Crippen LogP contribution in [0.3, 0.4) is 0 Å². The summed E-state index contributed by atoms with van der Waals surface area (Å²) >= 11 is 12.7. The van der Waals surface area contributed by atoms with Crippen molar-refractivity contribution < 1.29 is 4.39 Å². The quantitative estimate of drug-likeness (QED) is 0.715. The van der Waals surface area contributed by atoms with Crippen molar-refractivity contribution in [2.75, 3.05) is 0 Å². The van der Waals surface area contributed by atoms with Crippen molar-refractivity contribution in [2.24, 2.45) is 0 Å². The van der Waals surface area contributed by atoms with Gasteiger partial charge in [-0.2, -0.15) is 0 Å². The molecule has 0 saturated heterocycles. The number of rotatable bonds is 2. The van der Waals surface area contributed by atoms with E-state index in [1.54, 1.807) is 17.4 Å². The zero-order valence-electron chi connectivity index (χ0n) is 9.91. The Kier molecular flexibility index (Phi) is 3.16. The number of benzene rings is 1. The van der Waals surface area contributed by atoms with Gasteiger partial charge in [-0.3, -0.25) is 0 Å². The molecular weight excluding hydrogens is 305 g/mol. The van der Waals surface area contributed by atoms with Gasteiger partial charge in [0.1, 0.15) is 10.8 Å². The maximum atomic E-state index is 13.4. The lowest BCUT2D eigenvalue weighted by atomic mass is 10.3. The minimum Gasteiger partial charge on any atom is -0.330 e. The zero-order chi connectivity index (χ0) is 13.6. The molecule has 0 aliphatic heterocycles. The highest BCUT2D eigenvalue weighted by molar-refractivity contribution is 7.71. The lowest BCUT2D eigenvalue weighted by Gasteiger charge is -2.02. The number of nitrogens with zero attached hydrogens (tertiary/aromatic N) is 2. The molecule has 2 heterocycles. The van der Waals surface area contributed by atoms with Gasteiger partial charge in [0.2, 0.25) is 0 Å². The summed E-state index contributed by atoms with van der Waals surface area (Å²) in [5.41, 5.74) is 2.40. The van der Waals surface area contributed by atoms with Crippen molar-refractivity contribution >= 4 is 46.2 Å². The third-order valence-electron chi connectivity index (χ3n) is 2.78. The van der Waals surface area contributed by atoms with Crippen LogP contribution in [0, 0.1) is 17.5 Å². The van der Waals surface area contributed by atoms with Gasteiger partial charge in [0.25, 0.3) is 0 Å². The first-order valence-electron chi connectivity index (χ1n) is 5.53. The van der Waals surface area contributed by atoms with Gasteiger partial charge in [-0.15, -0.1) is 11.3 Å². The van der Waals surface area contributed by atoms with Crippen LogP contribution in [0.1, 0.15) is 10.7 Å². The minimum absolute atomic E-state index is 0.0885. The molecule has 3 rings (SSSR count). The van der Waals surface area contributed by atoms with E-state index in [9.17, 15) is 4.39 Å². The minimum atomic E-state index is -0.456. The molecule has 0 amide bonds. The second-order valence-electron chi connectivity index (χ2n) is 4.18. The van der Waals surface area contributed by atoms with Gasteiger partial charge in [-0.25, -0.2) is 9.37 Å². The van der Waals surface area contributed by atoms with Crippen LogP contribution in [0.5, 0.6) is 0 Å². The van der Waals surface area contributed by atoms with Crippen molar-refractivity contribution in [3.05, 3.63) is 43.8 Å². The summed E-state index contributed by atoms with van der Waals surface area (Å²) in [6.45, 7) is 2.50. The van der Waals surface area contributed by atoms with Gasteiger partial charge >= 0.3 is 0 Å². The van der Waals surface area contributed by atoms with Crippen LogP contribution >= 0.6 is 35.2 Å². The Balaban J connectivity index is 2.15. The van der Waals surface area contributed by atoms with E-state index in [-0.39, 0.29) is 5.02 Å². The summed E-state index contributed by atoms with van der Waals surface area (Å²) in [6, 6.07) is 2.94. The molecule has 0 atom stereocenters. The van der Waals surface area contributed by atoms with Gasteiger partial charge in [0, 0.05) is 17.1 Å². The Bertz CT molecular complexity index is 818. The van der Waals surface area contributed by atoms with Crippen LogP contribution < -0.4 is 0 Å². The molecule has 0 spiro atoms. The van der Waals surface area contributed by atoms with Gasteiger partial charge in [0.15, 0.2) is 4.77 Å². The monoisotopic (exact) mass is 313 g/mol. The van der Waals surface area contributed by atoms with Crippen molar-refractivity contribution in [2.45, 2.75) is 13.5 Å². The van der Waals surface area contributed by atoms with Crippen LogP contribution in [0.25, 0.3) is 11.0 Å². The van der Waals surface area contributed by atoms with E-state index in [2.05, 4.69) is 9.97 Å². The SMILES string of the molecule is Cc1csc(Cn2c(=S)[nH]c3cc(F)c(Cl)cc32)n1. The fourth-order valence-electron chi connectivity index (χ4n) is 1.92. The average molecular weight is 314 g/mol. The molecule has 0 unspecified atom stereocenters. The molecular formula is C12H9ClFN3S2. The number of fused-ring (bicyclic) bond motifs is 1. The number of aryl methyl sites for hydroxylation is 1. The molecule has 1 aromatic carbocycles. The standard InChI is InChI=1S/C12H9ClFN3S2/c1-6-5-19-11(15-6)4-17-10-2-7(13)8(14)3-9(10)16-12(17)18/h2-3,5H,4H2,1H3,(H,16,18). The largest absolute Gasteiger partial charge is 0.330 e. The number of H-pyrrole nitrogens is 1. The van der Waals surface area contributed by atoms with Crippen molar-refractivity contribution in [3.8, 4) is 0 Å². The van der Waals surface area contributed by atoms with E-state index in [0.717, 1.165) is 16.2 Å². The summed E-state index contributed by atoms with van der Waals surface area (Å²) < 4.78 is 15.8. The Morgan fingerprint density at radius 3 is 3.00 bits per heavy atom. The fraction of sp³-hybridized carbons (Fsp3) is 0.167. The van der Waals surface area contributed by atoms with Crippen LogP contribution in [0.2, 0.25) is 5.02 Å². The van der Waals surface area contributed by atoms with Crippen LogP contribution in [-0.4, -0.2) is 14.5 Å². The predicted molar refractivity (Wildman–Crippen MR) is 78.0 cm³/mol. The Hall–Kier alpha value is -1.24. The predicted octanol–water partition coefficient (Wildman–Crippen LogP) is 4.30. The normalized spacial score (nSPS) is 11.3.